The molecule has 3 N–H and O–H groups in total. The summed E-state index contributed by atoms with van der Waals surface area (Å²) in [5.41, 5.74) is 0.0895. The van der Waals surface area contributed by atoms with Crippen molar-refractivity contribution in [1.82, 2.24) is 0 Å². The quantitative estimate of drug-likeness (QED) is 0.487. The number of esters is 1. The monoisotopic (exact) mass is 415 g/mol. The van der Waals surface area contributed by atoms with E-state index in [0.717, 1.165) is 24.3 Å². The molecule has 0 saturated heterocycles. The van der Waals surface area contributed by atoms with E-state index in [1.54, 1.807) is 0 Å². The van der Waals surface area contributed by atoms with E-state index in [1.807, 2.05) is 0 Å². The van der Waals surface area contributed by atoms with Crippen LogP contribution in [0.25, 0.3) is 0 Å². The second-order valence-electron chi connectivity index (χ2n) is 5.58. The molecule has 0 radical (unpaired) electrons. The predicted molar refractivity (Wildman–Crippen MR) is 93.1 cm³/mol. The Balaban J connectivity index is 1.98. The highest BCUT2D eigenvalue weighted by molar-refractivity contribution is 7.91. The van der Waals surface area contributed by atoms with E-state index in [0.29, 0.717) is 5.56 Å². The Morgan fingerprint density at radius 1 is 1.07 bits per heavy atom. The lowest BCUT2D eigenvalue weighted by Gasteiger charge is -2.09. The first-order valence-corrected chi connectivity index (χ1v) is 9.19. The number of halogens is 2. The minimum atomic E-state index is -4.74. The molecule has 0 aliphatic carbocycles. The number of rotatable bonds is 6. The van der Waals surface area contributed by atoms with Gasteiger partial charge in [0.25, 0.3) is 5.91 Å². The Bertz CT molecular complexity index is 1000. The largest absolute Gasteiger partial charge is 0.504 e. The molecule has 2 aromatic carbocycles. The molecular formula is C17H15F2NO7S. The van der Waals surface area contributed by atoms with Gasteiger partial charge in [0, 0.05) is 5.69 Å². The van der Waals surface area contributed by atoms with E-state index in [4.69, 9.17) is 4.74 Å². The van der Waals surface area contributed by atoms with Gasteiger partial charge in [-0.15, -0.1) is 0 Å². The molecule has 0 bridgehead atoms. The zero-order chi connectivity index (χ0) is 21.1. The fraction of sp³-hybridized carbons (Fsp3) is 0.176. The fourth-order valence-electron chi connectivity index (χ4n) is 2.08. The first-order valence-electron chi connectivity index (χ1n) is 7.64. The van der Waals surface area contributed by atoms with Crippen molar-refractivity contribution in [3.05, 3.63) is 47.5 Å². The average molecular weight is 415 g/mol. The number of nitrogens with one attached hydrogen (secondary N) is 1. The Hall–Kier alpha value is -3.21. The summed E-state index contributed by atoms with van der Waals surface area (Å²) in [4.78, 5) is 23.1. The molecule has 0 atom stereocenters. The number of phenolic OH excluding ortho intramolecular Hbond substituents is 2. The number of ether oxygens (including phenoxy) is 1. The van der Waals surface area contributed by atoms with Crippen molar-refractivity contribution in [2.75, 3.05) is 11.9 Å². The van der Waals surface area contributed by atoms with E-state index < -0.39 is 50.5 Å². The third-order valence-electron chi connectivity index (χ3n) is 3.61. The van der Waals surface area contributed by atoms with E-state index in [2.05, 4.69) is 5.32 Å². The number of phenols is 2. The predicted octanol–water partition coefficient (Wildman–Crippen LogP) is 2.20. The maximum atomic E-state index is 12.5. The van der Waals surface area contributed by atoms with Gasteiger partial charge in [0.15, 0.2) is 18.1 Å². The summed E-state index contributed by atoms with van der Waals surface area (Å²) < 4.78 is 52.3. The van der Waals surface area contributed by atoms with Gasteiger partial charge in [-0.25, -0.2) is 13.2 Å². The highest BCUT2D eigenvalue weighted by Crippen LogP contribution is 2.32. The SMILES string of the molecule is Cc1ccc(C(=O)OCC(=O)Nc2ccc(S(=O)(=O)C(F)F)cc2)c(O)c1O. The molecule has 2 rings (SSSR count). The van der Waals surface area contributed by atoms with E-state index in [9.17, 15) is 37.0 Å². The van der Waals surface area contributed by atoms with Gasteiger partial charge < -0.3 is 20.3 Å². The lowest BCUT2D eigenvalue weighted by Crippen LogP contribution is -2.21. The number of carbonyl (C=O) groups is 2. The summed E-state index contributed by atoms with van der Waals surface area (Å²) in [6.45, 7) is 0.763. The number of amides is 1. The van der Waals surface area contributed by atoms with Crippen LogP contribution in [0.15, 0.2) is 41.3 Å². The molecule has 1 amide bonds. The second kappa shape index (κ2) is 8.21. The van der Waals surface area contributed by atoms with Crippen LogP contribution >= 0.6 is 0 Å². The van der Waals surface area contributed by atoms with Crippen LogP contribution in [0.2, 0.25) is 0 Å². The van der Waals surface area contributed by atoms with Gasteiger partial charge in [-0.1, -0.05) is 6.07 Å². The molecule has 0 aliphatic rings. The molecule has 0 saturated carbocycles. The maximum Gasteiger partial charge on any atom is 0.342 e. The maximum absolute atomic E-state index is 12.5. The molecule has 0 heterocycles. The Labute approximate surface area is 158 Å². The number of anilines is 1. The van der Waals surface area contributed by atoms with Crippen LogP contribution in [-0.2, 0) is 19.4 Å². The minimum absolute atomic E-state index is 0.0880. The standard InChI is InChI=1S/C17H15F2NO7S/c1-9-2-7-12(15(23)14(9)22)16(24)27-8-13(21)20-10-3-5-11(6-4-10)28(25,26)17(18)19/h2-7,17,22-23H,8H2,1H3,(H,20,21). The summed E-state index contributed by atoms with van der Waals surface area (Å²) in [5.74, 6) is -6.58. The molecule has 150 valence electrons. The van der Waals surface area contributed by atoms with E-state index in [-0.39, 0.29) is 11.3 Å². The summed E-state index contributed by atoms with van der Waals surface area (Å²) in [6.07, 6.45) is 0. The molecule has 0 fully saturated rings. The van der Waals surface area contributed by atoms with E-state index >= 15 is 0 Å². The number of alkyl halides is 2. The number of aromatic hydroxyl groups is 2. The van der Waals surface area contributed by atoms with Gasteiger partial charge in [-0.05, 0) is 42.8 Å². The van der Waals surface area contributed by atoms with Gasteiger partial charge >= 0.3 is 11.7 Å². The van der Waals surface area contributed by atoms with E-state index in [1.165, 1.54) is 19.1 Å². The second-order valence-corrected chi connectivity index (χ2v) is 7.50. The van der Waals surface area contributed by atoms with Crippen LogP contribution in [0.3, 0.4) is 0 Å². The molecule has 11 heteroatoms. The molecule has 8 nitrogen and oxygen atoms in total. The summed E-state index contributed by atoms with van der Waals surface area (Å²) >= 11 is 0. The molecule has 0 aromatic heterocycles. The normalized spacial score (nSPS) is 11.3. The molecule has 0 unspecified atom stereocenters. The van der Waals surface area contributed by atoms with Crippen molar-refractivity contribution in [3.8, 4) is 11.5 Å². The van der Waals surface area contributed by atoms with Gasteiger partial charge in [0.1, 0.15) is 5.56 Å². The topological polar surface area (TPSA) is 130 Å². The van der Waals surface area contributed by atoms with Crippen LogP contribution in [0.4, 0.5) is 14.5 Å². The molecule has 28 heavy (non-hydrogen) atoms. The summed E-state index contributed by atoms with van der Waals surface area (Å²) in [6, 6.07) is 6.58. The zero-order valence-corrected chi connectivity index (χ0v) is 15.2. The van der Waals surface area contributed by atoms with Crippen molar-refractivity contribution in [2.24, 2.45) is 0 Å². The van der Waals surface area contributed by atoms with Crippen LogP contribution in [0.1, 0.15) is 15.9 Å². The average Bonchev–Trinajstić information content (AvgIpc) is 2.64. The van der Waals surface area contributed by atoms with Crippen LogP contribution in [-0.4, -0.2) is 42.9 Å². The van der Waals surface area contributed by atoms with Crippen LogP contribution < -0.4 is 5.32 Å². The lowest BCUT2D eigenvalue weighted by molar-refractivity contribution is -0.119. The van der Waals surface area contributed by atoms with Crippen LogP contribution in [0, 0.1) is 6.92 Å². The third kappa shape index (κ3) is 4.55. The van der Waals surface area contributed by atoms with Crippen molar-refractivity contribution in [3.63, 3.8) is 0 Å². The van der Waals surface area contributed by atoms with Crippen molar-refractivity contribution in [2.45, 2.75) is 17.6 Å². The number of carbonyl (C=O) groups excluding carboxylic acids is 2. The minimum Gasteiger partial charge on any atom is -0.504 e. The number of sulfone groups is 1. The highest BCUT2D eigenvalue weighted by atomic mass is 32.2. The first kappa shape index (κ1) is 21.1. The van der Waals surface area contributed by atoms with Gasteiger partial charge in [-0.3, -0.25) is 4.79 Å². The number of aryl methyl sites for hydroxylation is 1. The van der Waals surface area contributed by atoms with Crippen molar-refractivity contribution >= 4 is 27.4 Å². The first-order chi connectivity index (χ1) is 13.0. The third-order valence-corrected chi connectivity index (χ3v) is 5.01. The van der Waals surface area contributed by atoms with Gasteiger partial charge in [0.2, 0.25) is 9.84 Å². The molecular weight excluding hydrogens is 400 g/mol. The fourth-order valence-corrected chi connectivity index (χ4v) is 2.80. The Morgan fingerprint density at radius 2 is 1.68 bits per heavy atom. The Morgan fingerprint density at radius 3 is 2.25 bits per heavy atom. The highest BCUT2D eigenvalue weighted by Gasteiger charge is 2.26. The molecule has 0 spiro atoms. The Kier molecular flexibility index (Phi) is 6.19. The lowest BCUT2D eigenvalue weighted by atomic mass is 10.1. The van der Waals surface area contributed by atoms with Crippen molar-refractivity contribution in [1.29, 1.82) is 0 Å². The molecule has 0 aliphatic heterocycles. The number of hydrogen-bond donors (Lipinski definition) is 3. The van der Waals surface area contributed by atoms with Gasteiger partial charge in [0.05, 0.1) is 4.90 Å². The van der Waals surface area contributed by atoms with Gasteiger partial charge in [-0.2, -0.15) is 8.78 Å². The summed E-state index contributed by atoms with van der Waals surface area (Å²) in [5, 5.41) is 21.6. The van der Waals surface area contributed by atoms with Crippen LogP contribution in [0.5, 0.6) is 11.5 Å². The zero-order valence-electron chi connectivity index (χ0n) is 14.3. The summed E-state index contributed by atoms with van der Waals surface area (Å²) in [7, 11) is -4.74. The number of benzene rings is 2. The smallest absolute Gasteiger partial charge is 0.342 e. The van der Waals surface area contributed by atoms with Crippen molar-refractivity contribution < 1.29 is 41.7 Å². The molecule has 2 aromatic rings. The number of hydrogen-bond acceptors (Lipinski definition) is 7.